The Morgan fingerprint density at radius 3 is 2.48 bits per heavy atom. The van der Waals surface area contributed by atoms with E-state index in [9.17, 15) is 27.5 Å². The molecule has 8 heteroatoms. The van der Waals surface area contributed by atoms with E-state index in [1.54, 1.807) is 12.1 Å². The van der Waals surface area contributed by atoms with Gasteiger partial charge in [-0.05, 0) is 47.5 Å². The fraction of sp³-hybridized carbons (Fsp3) is 0.130. The first-order valence-corrected chi connectivity index (χ1v) is 9.12. The molecule has 1 N–H and O–H groups in total. The van der Waals surface area contributed by atoms with Crippen LogP contribution in [0.15, 0.2) is 78.6 Å². The van der Waals surface area contributed by atoms with Gasteiger partial charge in [0, 0.05) is 18.0 Å². The molecule has 3 rings (SSSR count). The van der Waals surface area contributed by atoms with Gasteiger partial charge in [-0.3, -0.25) is 4.98 Å². The van der Waals surface area contributed by atoms with Crippen molar-refractivity contribution in [3.8, 4) is 0 Å². The van der Waals surface area contributed by atoms with Gasteiger partial charge in [0.1, 0.15) is 18.5 Å². The number of halogens is 4. The van der Waals surface area contributed by atoms with Crippen molar-refractivity contribution in [1.82, 2.24) is 4.98 Å². The number of aliphatic hydroxyl groups excluding tert-OH is 1. The molecule has 1 heterocycles. The molecule has 160 valence electrons. The first kappa shape index (κ1) is 22.2. The van der Waals surface area contributed by atoms with Crippen molar-refractivity contribution in [2.75, 3.05) is 0 Å². The number of carbonyl (C=O) groups is 1. The predicted molar refractivity (Wildman–Crippen MR) is 105 cm³/mol. The summed E-state index contributed by atoms with van der Waals surface area (Å²) in [5.41, 5.74) is -0.160. The maximum atomic E-state index is 13.2. The average molecular weight is 431 g/mol. The molecule has 4 nitrogen and oxygen atoms in total. The maximum absolute atomic E-state index is 13.2. The zero-order chi connectivity index (χ0) is 22.4. The van der Waals surface area contributed by atoms with Gasteiger partial charge in [-0.15, -0.1) is 0 Å². The molecule has 0 amide bonds. The summed E-state index contributed by atoms with van der Waals surface area (Å²) in [5.74, 6) is -1.41. The van der Waals surface area contributed by atoms with Gasteiger partial charge in [-0.1, -0.05) is 30.3 Å². The minimum absolute atomic E-state index is 0.139. The van der Waals surface area contributed by atoms with E-state index in [2.05, 4.69) is 4.98 Å². The summed E-state index contributed by atoms with van der Waals surface area (Å²) < 4.78 is 57.0. The zero-order valence-corrected chi connectivity index (χ0v) is 16.0. The van der Waals surface area contributed by atoms with Crippen molar-refractivity contribution in [3.05, 3.63) is 107 Å². The van der Waals surface area contributed by atoms with Crippen LogP contribution in [0.1, 0.15) is 28.4 Å². The largest absolute Gasteiger partial charge is 0.457 e. The molecule has 0 aliphatic heterocycles. The SMILES string of the molecule is O=C(OCc1cccc(C(F)(F)F)c1)/C(=C\c1ccc(F)cc1)C(O)c1cccnc1. The number of aliphatic hydroxyl groups is 1. The monoisotopic (exact) mass is 431 g/mol. The van der Waals surface area contributed by atoms with Crippen LogP contribution in [0.3, 0.4) is 0 Å². The second kappa shape index (κ2) is 9.53. The second-order valence-electron chi connectivity index (χ2n) is 6.61. The zero-order valence-electron chi connectivity index (χ0n) is 16.0. The molecule has 0 aliphatic rings. The first-order chi connectivity index (χ1) is 14.7. The number of nitrogens with zero attached hydrogens (tertiary/aromatic N) is 1. The Kier molecular flexibility index (Phi) is 6.81. The van der Waals surface area contributed by atoms with E-state index in [4.69, 9.17) is 4.74 Å². The molecule has 3 aromatic rings. The number of pyridine rings is 1. The van der Waals surface area contributed by atoms with Crippen LogP contribution in [-0.4, -0.2) is 16.1 Å². The van der Waals surface area contributed by atoms with Gasteiger partial charge >= 0.3 is 12.1 Å². The molecule has 0 radical (unpaired) electrons. The van der Waals surface area contributed by atoms with Gasteiger partial charge in [0.25, 0.3) is 0 Å². The van der Waals surface area contributed by atoms with Crippen molar-refractivity contribution in [2.45, 2.75) is 18.9 Å². The van der Waals surface area contributed by atoms with Crippen LogP contribution in [0.25, 0.3) is 6.08 Å². The number of aromatic nitrogens is 1. The van der Waals surface area contributed by atoms with Gasteiger partial charge in [-0.2, -0.15) is 13.2 Å². The van der Waals surface area contributed by atoms with E-state index in [0.717, 1.165) is 12.1 Å². The number of esters is 1. The molecule has 0 spiro atoms. The second-order valence-corrected chi connectivity index (χ2v) is 6.61. The minimum Gasteiger partial charge on any atom is -0.457 e. The number of benzene rings is 2. The lowest BCUT2D eigenvalue weighted by Crippen LogP contribution is -2.15. The lowest BCUT2D eigenvalue weighted by molar-refractivity contribution is -0.141. The minimum atomic E-state index is -4.52. The fourth-order valence-corrected chi connectivity index (χ4v) is 2.77. The maximum Gasteiger partial charge on any atom is 0.416 e. The number of ether oxygens (including phenoxy) is 1. The third-order valence-corrected chi connectivity index (χ3v) is 4.35. The predicted octanol–water partition coefficient (Wildman–Crippen LogP) is 5.10. The molecule has 31 heavy (non-hydrogen) atoms. The van der Waals surface area contributed by atoms with Crippen LogP contribution < -0.4 is 0 Å². The lowest BCUT2D eigenvalue weighted by atomic mass is 10.0. The fourth-order valence-electron chi connectivity index (χ4n) is 2.77. The lowest BCUT2D eigenvalue weighted by Gasteiger charge is -2.15. The molecule has 0 bridgehead atoms. The van der Waals surface area contributed by atoms with Crippen molar-refractivity contribution >= 4 is 12.0 Å². The van der Waals surface area contributed by atoms with E-state index in [1.807, 2.05) is 0 Å². The van der Waals surface area contributed by atoms with Crippen molar-refractivity contribution < 1.29 is 32.2 Å². The summed E-state index contributed by atoms with van der Waals surface area (Å²) in [6.45, 7) is -0.427. The van der Waals surface area contributed by atoms with E-state index in [1.165, 1.54) is 54.9 Å². The van der Waals surface area contributed by atoms with Crippen molar-refractivity contribution in [2.24, 2.45) is 0 Å². The third-order valence-electron chi connectivity index (χ3n) is 4.35. The summed E-state index contributed by atoms with van der Waals surface area (Å²) >= 11 is 0. The number of rotatable bonds is 6. The van der Waals surface area contributed by atoms with Crippen LogP contribution in [0, 0.1) is 5.82 Å². The third kappa shape index (κ3) is 5.99. The number of alkyl halides is 3. The number of carbonyl (C=O) groups excluding carboxylic acids is 1. The van der Waals surface area contributed by atoms with E-state index in [0.29, 0.717) is 11.1 Å². The smallest absolute Gasteiger partial charge is 0.416 e. The normalized spacial score (nSPS) is 13.0. The van der Waals surface area contributed by atoms with E-state index in [-0.39, 0.29) is 11.1 Å². The van der Waals surface area contributed by atoms with E-state index >= 15 is 0 Å². The van der Waals surface area contributed by atoms with Crippen LogP contribution in [0.2, 0.25) is 0 Å². The average Bonchev–Trinajstić information content (AvgIpc) is 2.77. The Morgan fingerprint density at radius 1 is 1.10 bits per heavy atom. The van der Waals surface area contributed by atoms with Crippen molar-refractivity contribution in [3.63, 3.8) is 0 Å². The molecular formula is C23H17F4NO3. The van der Waals surface area contributed by atoms with Gasteiger partial charge in [0.15, 0.2) is 0 Å². The van der Waals surface area contributed by atoms with Crippen molar-refractivity contribution in [1.29, 1.82) is 0 Å². The highest BCUT2D eigenvalue weighted by Gasteiger charge is 2.30. The van der Waals surface area contributed by atoms with Gasteiger partial charge in [0.05, 0.1) is 11.1 Å². The summed E-state index contributed by atoms with van der Waals surface area (Å²) in [5, 5.41) is 10.7. The molecular weight excluding hydrogens is 414 g/mol. The highest BCUT2D eigenvalue weighted by molar-refractivity contribution is 5.95. The first-order valence-electron chi connectivity index (χ1n) is 9.12. The molecule has 0 saturated carbocycles. The summed E-state index contributed by atoms with van der Waals surface area (Å²) in [6, 6.07) is 12.7. The van der Waals surface area contributed by atoms with Crippen LogP contribution in [-0.2, 0) is 22.3 Å². The molecule has 1 atom stereocenters. The molecule has 0 fully saturated rings. The Hall–Kier alpha value is -3.52. The number of hydrogen-bond acceptors (Lipinski definition) is 4. The Bertz CT molecular complexity index is 1060. The topological polar surface area (TPSA) is 59.4 Å². The highest BCUT2D eigenvalue weighted by Crippen LogP contribution is 2.30. The summed E-state index contributed by atoms with van der Waals surface area (Å²) in [6.07, 6.45) is -1.75. The Balaban J connectivity index is 1.85. The van der Waals surface area contributed by atoms with Crippen LogP contribution in [0.5, 0.6) is 0 Å². The van der Waals surface area contributed by atoms with Gasteiger partial charge < -0.3 is 9.84 Å². The quantitative estimate of drug-likeness (QED) is 0.335. The molecule has 0 saturated heterocycles. The Labute approximate surface area is 175 Å². The molecule has 0 aliphatic carbocycles. The van der Waals surface area contributed by atoms with E-state index < -0.39 is 36.2 Å². The number of hydrogen-bond donors (Lipinski definition) is 1. The van der Waals surface area contributed by atoms with Gasteiger partial charge in [-0.25, -0.2) is 9.18 Å². The molecule has 1 aromatic heterocycles. The standard InChI is InChI=1S/C23H17F4NO3/c24-19-8-6-15(7-9-19)12-20(21(29)17-4-2-10-28-13-17)22(30)31-14-16-3-1-5-18(11-16)23(25,26)27/h1-13,21,29H,14H2/b20-12-. The highest BCUT2D eigenvalue weighted by atomic mass is 19.4. The molecule has 2 aromatic carbocycles. The van der Waals surface area contributed by atoms with Crippen LogP contribution in [0.4, 0.5) is 17.6 Å². The Morgan fingerprint density at radius 2 is 1.84 bits per heavy atom. The van der Waals surface area contributed by atoms with Gasteiger partial charge in [0.2, 0.25) is 0 Å². The molecule has 1 unspecified atom stereocenters. The summed E-state index contributed by atoms with van der Waals surface area (Å²) in [7, 11) is 0. The van der Waals surface area contributed by atoms with Crippen LogP contribution >= 0.6 is 0 Å². The summed E-state index contributed by atoms with van der Waals surface area (Å²) in [4.78, 5) is 16.6.